The van der Waals surface area contributed by atoms with Crippen LogP contribution in [0.2, 0.25) is 0 Å². The van der Waals surface area contributed by atoms with Gasteiger partial charge < -0.3 is 9.84 Å². The summed E-state index contributed by atoms with van der Waals surface area (Å²) in [6.45, 7) is 2.85. The van der Waals surface area contributed by atoms with Gasteiger partial charge in [-0.15, -0.1) is 0 Å². The third-order valence-electron chi connectivity index (χ3n) is 2.62. The van der Waals surface area contributed by atoms with E-state index in [0.29, 0.717) is 11.1 Å². The summed E-state index contributed by atoms with van der Waals surface area (Å²) in [6.07, 6.45) is 1.56. The molecule has 0 fully saturated rings. The van der Waals surface area contributed by atoms with E-state index in [1.54, 1.807) is 50.3 Å². The second-order valence-electron chi connectivity index (χ2n) is 3.83. The van der Waals surface area contributed by atoms with Gasteiger partial charge >= 0.3 is 11.9 Å². The minimum absolute atomic E-state index is 0.355. The molecule has 0 bridgehead atoms. The first-order valence-electron chi connectivity index (χ1n) is 5.65. The highest BCUT2D eigenvalue weighted by Gasteiger charge is 2.24. The van der Waals surface area contributed by atoms with Gasteiger partial charge in [0.05, 0.1) is 6.61 Å². The minimum Gasteiger partial charge on any atom is -0.395 e. The standard InChI is InChI=1S/C14H16O4/c1-3-10(2)13(16)18-14(17)12(9-15)11-7-5-4-6-8-11/h3-8,12,15H,9H2,1-2H3. The van der Waals surface area contributed by atoms with Crippen LogP contribution in [-0.2, 0) is 14.3 Å². The first kappa shape index (κ1) is 14.1. The first-order valence-corrected chi connectivity index (χ1v) is 5.65. The average Bonchev–Trinajstić information content (AvgIpc) is 2.39. The fourth-order valence-corrected chi connectivity index (χ4v) is 1.36. The summed E-state index contributed by atoms with van der Waals surface area (Å²) in [7, 11) is 0. The van der Waals surface area contributed by atoms with Gasteiger partial charge in [-0.25, -0.2) is 4.79 Å². The predicted molar refractivity (Wildman–Crippen MR) is 66.8 cm³/mol. The normalized spacial score (nSPS) is 12.9. The van der Waals surface area contributed by atoms with Gasteiger partial charge in [-0.3, -0.25) is 4.79 Å². The second-order valence-corrected chi connectivity index (χ2v) is 3.83. The molecular weight excluding hydrogens is 232 g/mol. The number of allylic oxidation sites excluding steroid dienone is 1. The molecule has 1 aromatic carbocycles. The number of hydrogen-bond donors (Lipinski definition) is 1. The van der Waals surface area contributed by atoms with Crippen LogP contribution in [0.15, 0.2) is 42.0 Å². The van der Waals surface area contributed by atoms with Crippen molar-refractivity contribution in [2.24, 2.45) is 0 Å². The number of benzene rings is 1. The number of rotatable bonds is 4. The van der Waals surface area contributed by atoms with Crippen LogP contribution >= 0.6 is 0 Å². The Morgan fingerprint density at radius 3 is 2.44 bits per heavy atom. The lowest BCUT2D eigenvalue weighted by Crippen LogP contribution is -2.22. The van der Waals surface area contributed by atoms with Crippen LogP contribution in [-0.4, -0.2) is 23.7 Å². The van der Waals surface area contributed by atoms with E-state index in [9.17, 15) is 14.7 Å². The summed E-state index contributed by atoms with van der Waals surface area (Å²) in [6, 6.07) is 8.72. The number of hydrogen-bond acceptors (Lipinski definition) is 4. The lowest BCUT2D eigenvalue weighted by Gasteiger charge is -2.12. The van der Waals surface area contributed by atoms with Gasteiger partial charge in [0.15, 0.2) is 0 Å². The van der Waals surface area contributed by atoms with Crippen LogP contribution in [0.3, 0.4) is 0 Å². The summed E-state index contributed by atoms with van der Waals surface area (Å²) in [5.74, 6) is -2.26. The van der Waals surface area contributed by atoms with E-state index in [-0.39, 0.29) is 0 Å². The van der Waals surface area contributed by atoms with Crippen LogP contribution in [0.5, 0.6) is 0 Å². The zero-order chi connectivity index (χ0) is 13.5. The highest BCUT2D eigenvalue weighted by molar-refractivity contribution is 5.97. The van der Waals surface area contributed by atoms with Crippen molar-refractivity contribution in [1.29, 1.82) is 0 Å². The highest BCUT2D eigenvalue weighted by atomic mass is 16.6. The van der Waals surface area contributed by atoms with E-state index in [1.807, 2.05) is 0 Å². The number of aliphatic hydroxyl groups is 1. The SMILES string of the molecule is CC=C(C)C(=O)OC(=O)C(CO)c1ccccc1. The molecule has 0 saturated heterocycles. The number of esters is 2. The molecule has 0 amide bonds. The Morgan fingerprint density at radius 2 is 1.94 bits per heavy atom. The Kier molecular flexibility index (Phi) is 5.27. The van der Waals surface area contributed by atoms with Crippen molar-refractivity contribution in [1.82, 2.24) is 0 Å². The number of ether oxygens (including phenoxy) is 1. The van der Waals surface area contributed by atoms with Crippen LogP contribution in [0.4, 0.5) is 0 Å². The van der Waals surface area contributed by atoms with Crippen molar-refractivity contribution >= 4 is 11.9 Å². The van der Waals surface area contributed by atoms with Crippen molar-refractivity contribution in [3.63, 3.8) is 0 Å². The van der Waals surface area contributed by atoms with Gasteiger partial charge in [-0.1, -0.05) is 36.4 Å². The molecule has 1 N–H and O–H groups in total. The molecule has 18 heavy (non-hydrogen) atoms. The molecular formula is C14H16O4. The van der Waals surface area contributed by atoms with Gasteiger partial charge in [0, 0.05) is 5.57 Å². The molecule has 0 saturated carbocycles. The van der Waals surface area contributed by atoms with Crippen LogP contribution in [0.25, 0.3) is 0 Å². The van der Waals surface area contributed by atoms with Gasteiger partial charge in [0.2, 0.25) is 0 Å². The van der Waals surface area contributed by atoms with Gasteiger partial charge in [0.25, 0.3) is 0 Å². The average molecular weight is 248 g/mol. The molecule has 96 valence electrons. The molecule has 0 spiro atoms. The Balaban J connectivity index is 2.79. The second kappa shape index (κ2) is 6.71. The molecule has 1 unspecified atom stereocenters. The summed E-state index contributed by atoms with van der Waals surface area (Å²) < 4.78 is 4.70. The van der Waals surface area contributed by atoms with Crippen molar-refractivity contribution in [3.05, 3.63) is 47.5 Å². The van der Waals surface area contributed by atoms with Crippen LogP contribution in [0.1, 0.15) is 25.3 Å². The number of carbonyl (C=O) groups excluding carboxylic acids is 2. The molecule has 0 aromatic heterocycles. The van der Waals surface area contributed by atoms with Crippen molar-refractivity contribution < 1.29 is 19.4 Å². The molecule has 1 aromatic rings. The number of carbonyl (C=O) groups is 2. The quantitative estimate of drug-likeness (QED) is 0.501. The highest BCUT2D eigenvalue weighted by Crippen LogP contribution is 2.17. The van der Waals surface area contributed by atoms with Gasteiger partial charge in [-0.05, 0) is 19.4 Å². The van der Waals surface area contributed by atoms with Gasteiger partial charge in [0.1, 0.15) is 5.92 Å². The third kappa shape index (κ3) is 3.53. The first-order chi connectivity index (χ1) is 8.60. The zero-order valence-corrected chi connectivity index (χ0v) is 10.4. The fraction of sp³-hybridized carbons (Fsp3) is 0.286. The van der Waals surface area contributed by atoms with E-state index in [1.165, 1.54) is 0 Å². The molecule has 0 aliphatic carbocycles. The smallest absolute Gasteiger partial charge is 0.341 e. The van der Waals surface area contributed by atoms with E-state index in [2.05, 4.69) is 0 Å². The minimum atomic E-state index is -0.834. The molecule has 0 heterocycles. The summed E-state index contributed by atoms with van der Waals surface area (Å²) in [5, 5.41) is 9.23. The number of aliphatic hydroxyl groups excluding tert-OH is 1. The van der Waals surface area contributed by atoms with E-state index < -0.39 is 24.5 Å². The zero-order valence-electron chi connectivity index (χ0n) is 10.4. The molecule has 4 nitrogen and oxygen atoms in total. The predicted octanol–water partition coefficient (Wildman–Crippen LogP) is 1.80. The monoisotopic (exact) mass is 248 g/mol. The van der Waals surface area contributed by atoms with E-state index in [0.717, 1.165) is 0 Å². The molecule has 4 heteroatoms. The van der Waals surface area contributed by atoms with E-state index >= 15 is 0 Å². The van der Waals surface area contributed by atoms with Gasteiger partial charge in [-0.2, -0.15) is 0 Å². The van der Waals surface area contributed by atoms with Crippen molar-refractivity contribution in [3.8, 4) is 0 Å². The lowest BCUT2D eigenvalue weighted by molar-refractivity contribution is -0.158. The Labute approximate surface area is 106 Å². The molecule has 1 atom stereocenters. The maximum Gasteiger partial charge on any atom is 0.341 e. The lowest BCUT2D eigenvalue weighted by atomic mass is 10.0. The summed E-state index contributed by atoms with van der Waals surface area (Å²) in [4.78, 5) is 23.2. The van der Waals surface area contributed by atoms with Crippen LogP contribution in [0, 0.1) is 0 Å². The molecule has 1 rings (SSSR count). The topological polar surface area (TPSA) is 63.6 Å². The summed E-state index contributed by atoms with van der Waals surface area (Å²) >= 11 is 0. The van der Waals surface area contributed by atoms with E-state index in [4.69, 9.17) is 4.74 Å². The Morgan fingerprint density at radius 1 is 1.33 bits per heavy atom. The largest absolute Gasteiger partial charge is 0.395 e. The molecule has 0 aliphatic heterocycles. The summed E-state index contributed by atoms with van der Waals surface area (Å²) in [5.41, 5.74) is 0.976. The molecule has 0 radical (unpaired) electrons. The Bertz CT molecular complexity index is 448. The third-order valence-corrected chi connectivity index (χ3v) is 2.62. The van der Waals surface area contributed by atoms with Crippen molar-refractivity contribution in [2.75, 3.05) is 6.61 Å². The Hall–Kier alpha value is -1.94. The van der Waals surface area contributed by atoms with Crippen LogP contribution < -0.4 is 0 Å². The fourth-order valence-electron chi connectivity index (χ4n) is 1.36. The maximum atomic E-state index is 11.8. The maximum absolute atomic E-state index is 11.8. The molecule has 0 aliphatic rings. The van der Waals surface area contributed by atoms with Crippen molar-refractivity contribution in [2.45, 2.75) is 19.8 Å².